The Kier molecular flexibility index (Phi) is 3.08. The number of carbonyl (C=O) groups excluding carboxylic acids is 1. The minimum Gasteiger partial charge on any atom is -0.299 e. The summed E-state index contributed by atoms with van der Waals surface area (Å²) in [6.45, 7) is 0. The van der Waals surface area contributed by atoms with Crippen LogP contribution in [-0.4, -0.2) is 11.7 Å². The summed E-state index contributed by atoms with van der Waals surface area (Å²) in [5.41, 5.74) is 0. The lowest BCUT2D eigenvalue weighted by Crippen LogP contribution is -2.28. The minimum absolute atomic E-state index is 0.0264. The van der Waals surface area contributed by atoms with Gasteiger partial charge in [-0.3, -0.25) is 4.79 Å². The van der Waals surface area contributed by atoms with E-state index in [1.807, 2.05) is 0 Å². The van der Waals surface area contributed by atoms with Crippen molar-refractivity contribution >= 4 is 5.78 Å². The van der Waals surface area contributed by atoms with E-state index in [4.69, 9.17) is 0 Å². The Balaban J connectivity index is 1.93. The topological polar surface area (TPSA) is 17.1 Å². The van der Waals surface area contributed by atoms with Crippen LogP contribution in [0.1, 0.15) is 51.4 Å². The molecular weight excluding hydrogens is 198 g/mol. The van der Waals surface area contributed by atoms with Gasteiger partial charge >= 0.3 is 0 Å². The van der Waals surface area contributed by atoms with E-state index < -0.39 is 11.8 Å². The molecule has 0 aromatic rings. The number of hydrogen-bond acceptors (Lipinski definition) is 1. The third-order valence-electron chi connectivity index (χ3n) is 3.91. The SMILES string of the molecule is O=C1CCCCC1CC1CCCC1(F)F. The maximum atomic E-state index is 13.4. The summed E-state index contributed by atoms with van der Waals surface area (Å²) < 4.78 is 26.8. The Hall–Kier alpha value is -0.470. The predicted molar refractivity (Wildman–Crippen MR) is 53.9 cm³/mol. The summed E-state index contributed by atoms with van der Waals surface area (Å²) in [7, 11) is 0. The van der Waals surface area contributed by atoms with E-state index in [1.165, 1.54) is 0 Å². The molecule has 86 valence electrons. The van der Waals surface area contributed by atoms with Crippen molar-refractivity contribution < 1.29 is 13.6 Å². The molecule has 0 amide bonds. The first-order valence-corrected chi connectivity index (χ1v) is 6.00. The van der Waals surface area contributed by atoms with E-state index in [9.17, 15) is 13.6 Å². The third kappa shape index (κ3) is 2.37. The highest BCUT2D eigenvalue weighted by atomic mass is 19.3. The van der Waals surface area contributed by atoms with Crippen LogP contribution >= 0.6 is 0 Å². The van der Waals surface area contributed by atoms with Crippen LogP contribution in [0.15, 0.2) is 0 Å². The fraction of sp³-hybridized carbons (Fsp3) is 0.917. The smallest absolute Gasteiger partial charge is 0.250 e. The van der Waals surface area contributed by atoms with Crippen molar-refractivity contribution in [2.45, 2.75) is 57.3 Å². The summed E-state index contributed by atoms with van der Waals surface area (Å²) in [6, 6.07) is 0. The third-order valence-corrected chi connectivity index (χ3v) is 3.91. The van der Waals surface area contributed by atoms with Gasteiger partial charge in [-0.2, -0.15) is 0 Å². The van der Waals surface area contributed by atoms with Gasteiger partial charge < -0.3 is 0 Å². The number of alkyl halides is 2. The molecule has 0 bridgehead atoms. The molecule has 2 rings (SSSR count). The lowest BCUT2D eigenvalue weighted by molar-refractivity contribution is -0.126. The van der Waals surface area contributed by atoms with Crippen LogP contribution in [0.25, 0.3) is 0 Å². The zero-order chi connectivity index (χ0) is 10.9. The second-order valence-electron chi connectivity index (χ2n) is 4.99. The fourth-order valence-corrected chi connectivity index (χ4v) is 2.94. The minimum atomic E-state index is -2.50. The molecule has 2 unspecified atom stereocenters. The largest absolute Gasteiger partial charge is 0.299 e. The maximum Gasteiger partial charge on any atom is 0.250 e. The summed E-state index contributed by atoms with van der Waals surface area (Å²) in [4.78, 5) is 11.5. The van der Waals surface area contributed by atoms with Crippen LogP contribution in [-0.2, 0) is 4.79 Å². The monoisotopic (exact) mass is 216 g/mol. The highest BCUT2D eigenvalue weighted by molar-refractivity contribution is 5.81. The first kappa shape index (κ1) is 11.0. The maximum absolute atomic E-state index is 13.4. The first-order valence-electron chi connectivity index (χ1n) is 6.00. The van der Waals surface area contributed by atoms with Crippen molar-refractivity contribution in [2.24, 2.45) is 11.8 Å². The van der Waals surface area contributed by atoms with Crippen LogP contribution < -0.4 is 0 Å². The van der Waals surface area contributed by atoms with Crippen LogP contribution in [0.2, 0.25) is 0 Å². The molecule has 2 aliphatic carbocycles. The van der Waals surface area contributed by atoms with Crippen LogP contribution in [0.3, 0.4) is 0 Å². The van der Waals surface area contributed by atoms with E-state index in [1.54, 1.807) is 0 Å². The molecule has 2 saturated carbocycles. The number of hydrogen-bond donors (Lipinski definition) is 0. The Bertz CT molecular complexity index is 250. The lowest BCUT2D eigenvalue weighted by Gasteiger charge is -2.26. The van der Waals surface area contributed by atoms with Crippen molar-refractivity contribution in [1.82, 2.24) is 0 Å². The molecule has 0 aliphatic heterocycles. The predicted octanol–water partition coefficient (Wildman–Crippen LogP) is 3.57. The van der Waals surface area contributed by atoms with E-state index in [0.29, 0.717) is 25.7 Å². The van der Waals surface area contributed by atoms with Crippen molar-refractivity contribution in [3.05, 3.63) is 0 Å². The van der Waals surface area contributed by atoms with Crippen LogP contribution in [0.4, 0.5) is 8.78 Å². The highest BCUT2D eigenvalue weighted by Gasteiger charge is 2.45. The van der Waals surface area contributed by atoms with E-state index in [0.717, 1.165) is 19.3 Å². The van der Waals surface area contributed by atoms with Crippen molar-refractivity contribution in [1.29, 1.82) is 0 Å². The van der Waals surface area contributed by atoms with Gasteiger partial charge in [-0.15, -0.1) is 0 Å². The zero-order valence-corrected chi connectivity index (χ0v) is 8.98. The molecule has 2 aliphatic rings. The van der Waals surface area contributed by atoms with Crippen molar-refractivity contribution in [3.63, 3.8) is 0 Å². The summed E-state index contributed by atoms with van der Waals surface area (Å²) >= 11 is 0. The molecule has 1 nitrogen and oxygen atoms in total. The number of Topliss-reactive ketones (excluding diaryl/α,β-unsaturated/α-hetero) is 1. The fourth-order valence-electron chi connectivity index (χ4n) is 2.94. The van der Waals surface area contributed by atoms with Gasteiger partial charge in [0, 0.05) is 24.7 Å². The van der Waals surface area contributed by atoms with Crippen LogP contribution in [0, 0.1) is 11.8 Å². The molecule has 0 heterocycles. The van der Waals surface area contributed by atoms with E-state index in [2.05, 4.69) is 0 Å². The molecule has 2 atom stereocenters. The lowest BCUT2D eigenvalue weighted by atomic mass is 9.80. The second-order valence-corrected chi connectivity index (χ2v) is 4.99. The summed E-state index contributed by atoms with van der Waals surface area (Å²) in [5.74, 6) is -2.86. The standard InChI is InChI=1S/C12H18F2O/c13-12(14)7-3-5-10(12)8-9-4-1-2-6-11(9)15/h9-10H,1-8H2. The molecule has 0 saturated heterocycles. The van der Waals surface area contributed by atoms with Gasteiger partial charge in [-0.05, 0) is 32.1 Å². The number of halogens is 2. The van der Waals surface area contributed by atoms with Gasteiger partial charge in [-0.25, -0.2) is 8.78 Å². The first-order chi connectivity index (χ1) is 7.09. The zero-order valence-electron chi connectivity index (χ0n) is 8.98. The van der Waals surface area contributed by atoms with Gasteiger partial charge in [0.2, 0.25) is 0 Å². The van der Waals surface area contributed by atoms with Gasteiger partial charge in [-0.1, -0.05) is 6.42 Å². The van der Waals surface area contributed by atoms with Crippen molar-refractivity contribution in [3.8, 4) is 0 Å². The molecule has 0 N–H and O–H groups in total. The Morgan fingerprint density at radius 1 is 1.20 bits per heavy atom. The quantitative estimate of drug-likeness (QED) is 0.689. The summed E-state index contributed by atoms with van der Waals surface area (Å²) in [5, 5.41) is 0. The highest BCUT2D eigenvalue weighted by Crippen LogP contribution is 2.44. The van der Waals surface area contributed by atoms with Crippen LogP contribution in [0.5, 0.6) is 0 Å². The Morgan fingerprint density at radius 3 is 2.60 bits per heavy atom. The molecule has 0 radical (unpaired) electrons. The van der Waals surface area contributed by atoms with Gasteiger partial charge in [0.1, 0.15) is 5.78 Å². The number of ketones is 1. The van der Waals surface area contributed by atoms with Gasteiger partial charge in [0.15, 0.2) is 0 Å². The molecule has 15 heavy (non-hydrogen) atoms. The Labute approximate surface area is 89.2 Å². The molecule has 2 fully saturated rings. The molecule has 0 spiro atoms. The number of rotatable bonds is 2. The second kappa shape index (κ2) is 4.18. The average molecular weight is 216 g/mol. The normalized spacial score (nSPS) is 35.7. The molecule has 0 aromatic carbocycles. The summed E-state index contributed by atoms with van der Waals surface area (Å²) in [6.07, 6.45) is 5.14. The molecule has 3 heteroatoms. The molecule has 0 aromatic heterocycles. The average Bonchev–Trinajstić information content (AvgIpc) is 2.50. The van der Waals surface area contributed by atoms with Crippen molar-refractivity contribution in [2.75, 3.05) is 0 Å². The molecular formula is C12H18F2O. The van der Waals surface area contributed by atoms with E-state index >= 15 is 0 Å². The Morgan fingerprint density at radius 2 is 2.00 bits per heavy atom. The van der Waals surface area contributed by atoms with E-state index in [-0.39, 0.29) is 18.1 Å². The van der Waals surface area contributed by atoms with Gasteiger partial charge in [0.25, 0.3) is 5.92 Å². The number of carbonyl (C=O) groups is 1. The van der Waals surface area contributed by atoms with Gasteiger partial charge in [0.05, 0.1) is 0 Å².